The standard InChI is InChI=1S/C13H15N3O3/c1-19-13(18)9-4-6-10(7-5-9)15-16-11-3-2-8-14-12(11)17/h4-7,15H,2-3,8H2,1H3,(H,14,17). The van der Waals surface area contributed by atoms with Gasteiger partial charge >= 0.3 is 5.97 Å². The number of anilines is 1. The zero-order valence-corrected chi connectivity index (χ0v) is 10.6. The van der Waals surface area contributed by atoms with Crippen molar-refractivity contribution in [2.75, 3.05) is 19.1 Å². The lowest BCUT2D eigenvalue weighted by Crippen LogP contribution is -2.37. The predicted molar refractivity (Wildman–Crippen MR) is 71.1 cm³/mol. The van der Waals surface area contributed by atoms with E-state index in [4.69, 9.17) is 0 Å². The number of hydrazone groups is 1. The molecule has 0 unspecified atom stereocenters. The molecule has 1 aromatic rings. The first-order valence-electron chi connectivity index (χ1n) is 6.00. The number of hydrogen-bond acceptors (Lipinski definition) is 5. The van der Waals surface area contributed by atoms with Crippen molar-refractivity contribution in [1.29, 1.82) is 0 Å². The molecule has 6 nitrogen and oxygen atoms in total. The summed E-state index contributed by atoms with van der Waals surface area (Å²) in [7, 11) is 1.34. The minimum atomic E-state index is -0.385. The molecule has 1 saturated heterocycles. The highest BCUT2D eigenvalue weighted by Crippen LogP contribution is 2.11. The van der Waals surface area contributed by atoms with Gasteiger partial charge in [-0.15, -0.1) is 0 Å². The molecule has 0 aromatic heterocycles. The van der Waals surface area contributed by atoms with Crippen LogP contribution in [-0.4, -0.2) is 31.2 Å². The fourth-order valence-electron chi connectivity index (χ4n) is 1.71. The fourth-order valence-corrected chi connectivity index (χ4v) is 1.71. The number of nitrogens with zero attached hydrogens (tertiary/aromatic N) is 1. The molecule has 1 fully saturated rings. The molecule has 0 atom stereocenters. The number of rotatable bonds is 3. The Bertz CT molecular complexity index is 508. The van der Waals surface area contributed by atoms with Crippen LogP contribution in [0.5, 0.6) is 0 Å². The summed E-state index contributed by atoms with van der Waals surface area (Å²) < 4.78 is 4.61. The lowest BCUT2D eigenvalue weighted by atomic mass is 10.1. The van der Waals surface area contributed by atoms with Crippen LogP contribution in [0.25, 0.3) is 0 Å². The molecule has 0 bridgehead atoms. The zero-order chi connectivity index (χ0) is 13.7. The SMILES string of the molecule is COC(=O)c1ccc(NN=C2CCCNC2=O)cc1. The van der Waals surface area contributed by atoms with Crippen LogP contribution in [-0.2, 0) is 9.53 Å². The molecule has 0 spiro atoms. The number of carbonyl (C=O) groups excluding carboxylic acids is 2. The molecule has 2 N–H and O–H groups in total. The third-order valence-electron chi connectivity index (χ3n) is 2.76. The maximum Gasteiger partial charge on any atom is 0.337 e. The van der Waals surface area contributed by atoms with Crippen molar-refractivity contribution in [3.63, 3.8) is 0 Å². The van der Waals surface area contributed by atoms with Crippen molar-refractivity contribution in [3.8, 4) is 0 Å². The van der Waals surface area contributed by atoms with Gasteiger partial charge in [-0.3, -0.25) is 10.2 Å². The Kier molecular flexibility index (Phi) is 4.12. The Balaban J connectivity index is 2.01. The summed E-state index contributed by atoms with van der Waals surface area (Å²) in [5.74, 6) is -0.519. The highest BCUT2D eigenvalue weighted by Gasteiger charge is 2.15. The monoisotopic (exact) mass is 261 g/mol. The van der Waals surface area contributed by atoms with Crippen molar-refractivity contribution in [2.24, 2.45) is 5.10 Å². The normalized spacial score (nSPS) is 16.9. The van der Waals surface area contributed by atoms with E-state index in [1.807, 2.05) is 0 Å². The first kappa shape index (κ1) is 13.1. The summed E-state index contributed by atoms with van der Waals surface area (Å²) in [5.41, 5.74) is 4.47. The Hall–Kier alpha value is -2.37. The second-order valence-electron chi connectivity index (χ2n) is 4.10. The summed E-state index contributed by atoms with van der Waals surface area (Å²) in [6, 6.07) is 6.68. The van der Waals surface area contributed by atoms with Gasteiger partial charge in [0.05, 0.1) is 18.4 Å². The lowest BCUT2D eigenvalue weighted by molar-refractivity contribution is -0.115. The molecule has 1 aromatic carbocycles. The minimum Gasteiger partial charge on any atom is -0.465 e. The van der Waals surface area contributed by atoms with Gasteiger partial charge in [0.2, 0.25) is 0 Å². The molecule has 1 amide bonds. The quantitative estimate of drug-likeness (QED) is 0.632. The molecule has 6 heteroatoms. The molecule has 0 radical (unpaired) electrons. The second-order valence-corrected chi connectivity index (χ2v) is 4.10. The third kappa shape index (κ3) is 3.31. The smallest absolute Gasteiger partial charge is 0.337 e. The summed E-state index contributed by atoms with van der Waals surface area (Å²) in [5, 5.41) is 6.80. The van der Waals surface area contributed by atoms with Crippen molar-refractivity contribution < 1.29 is 14.3 Å². The van der Waals surface area contributed by atoms with E-state index in [9.17, 15) is 9.59 Å². The van der Waals surface area contributed by atoms with Crippen LogP contribution >= 0.6 is 0 Å². The van der Waals surface area contributed by atoms with Gasteiger partial charge in [-0.2, -0.15) is 5.10 Å². The Morgan fingerprint density at radius 1 is 1.37 bits per heavy atom. The van der Waals surface area contributed by atoms with Gasteiger partial charge in [0.15, 0.2) is 0 Å². The largest absolute Gasteiger partial charge is 0.465 e. The number of hydrogen-bond donors (Lipinski definition) is 2. The minimum absolute atomic E-state index is 0.134. The number of methoxy groups -OCH3 is 1. The number of esters is 1. The van der Waals surface area contributed by atoms with Gasteiger partial charge in [-0.05, 0) is 37.1 Å². The van der Waals surface area contributed by atoms with Crippen LogP contribution in [0.1, 0.15) is 23.2 Å². The highest BCUT2D eigenvalue weighted by molar-refractivity contribution is 6.39. The van der Waals surface area contributed by atoms with E-state index in [2.05, 4.69) is 20.6 Å². The number of carbonyl (C=O) groups is 2. The summed E-state index contributed by atoms with van der Waals surface area (Å²) in [6.45, 7) is 0.700. The van der Waals surface area contributed by atoms with E-state index >= 15 is 0 Å². The third-order valence-corrected chi connectivity index (χ3v) is 2.76. The topological polar surface area (TPSA) is 79.8 Å². The maximum atomic E-state index is 11.5. The van der Waals surface area contributed by atoms with Crippen LogP contribution in [0.2, 0.25) is 0 Å². The molecule has 0 aliphatic carbocycles. The molecule has 0 saturated carbocycles. The van der Waals surface area contributed by atoms with Gasteiger partial charge in [0.1, 0.15) is 5.71 Å². The Morgan fingerprint density at radius 2 is 2.11 bits per heavy atom. The first-order chi connectivity index (χ1) is 9.20. The van der Waals surface area contributed by atoms with E-state index in [0.717, 1.165) is 6.42 Å². The van der Waals surface area contributed by atoms with Gasteiger partial charge in [-0.25, -0.2) is 4.79 Å². The van der Waals surface area contributed by atoms with E-state index in [-0.39, 0.29) is 11.9 Å². The summed E-state index contributed by atoms with van der Waals surface area (Å²) in [4.78, 5) is 22.7. The Morgan fingerprint density at radius 3 is 2.74 bits per heavy atom. The van der Waals surface area contributed by atoms with Crippen LogP contribution in [0, 0.1) is 0 Å². The van der Waals surface area contributed by atoms with Crippen LogP contribution in [0.15, 0.2) is 29.4 Å². The number of ether oxygens (including phenoxy) is 1. The molecule has 1 aliphatic rings. The molecular weight excluding hydrogens is 246 g/mol. The van der Waals surface area contributed by atoms with E-state index in [1.165, 1.54) is 7.11 Å². The Labute approximate surface area is 110 Å². The average Bonchev–Trinajstić information content (AvgIpc) is 2.46. The molecule has 100 valence electrons. The summed E-state index contributed by atoms with van der Waals surface area (Å²) >= 11 is 0. The first-order valence-corrected chi connectivity index (χ1v) is 6.00. The summed E-state index contributed by atoms with van der Waals surface area (Å²) in [6.07, 6.45) is 1.56. The fraction of sp³-hybridized carbons (Fsp3) is 0.308. The van der Waals surface area contributed by atoms with Gasteiger partial charge in [0.25, 0.3) is 5.91 Å². The van der Waals surface area contributed by atoms with Gasteiger partial charge in [0, 0.05) is 6.54 Å². The number of piperidine rings is 1. The predicted octanol–water partition coefficient (Wildman–Crippen LogP) is 1.15. The molecule has 1 aliphatic heterocycles. The zero-order valence-electron chi connectivity index (χ0n) is 10.6. The van der Waals surface area contributed by atoms with Crippen LogP contribution in [0.4, 0.5) is 5.69 Å². The number of benzene rings is 1. The molecule has 2 rings (SSSR count). The van der Waals surface area contributed by atoms with Crippen molar-refractivity contribution in [1.82, 2.24) is 5.32 Å². The van der Waals surface area contributed by atoms with E-state index in [1.54, 1.807) is 24.3 Å². The van der Waals surface area contributed by atoms with Crippen LogP contribution < -0.4 is 10.7 Å². The van der Waals surface area contributed by atoms with Crippen molar-refractivity contribution in [2.45, 2.75) is 12.8 Å². The molecular formula is C13H15N3O3. The van der Waals surface area contributed by atoms with Gasteiger partial charge in [-0.1, -0.05) is 0 Å². The molecule has 1 heterocycles. The number of amides is 1. The van der Waals surface area contributed by atoms with Crippen molar-refractivity contribution in [3.05, 3.63) is 29.8 Å². The van der Waals surface area contributed by atoms with Crippen molar-refractivity contribution >= 4 is 23.3 Å². The van der Waals surface area contributed by atoms with Gasteiger partial charge < -0.3 is 10.1 Å². The highest BCUT2D eigenvalue weighted by atomic mass is 16.5. The van der Waals surface area contributed by atoms with E-state index in [0.29, 0.717) is 29.9 Å². The molecule has 19 heavy (non-hydrogen) atoms. The number of nitrogens with one attached hydrogen (secondary N) is 2. The average molecular weight is 261 g/mol. The van der Waals surface area contributed by atoms with Crippen LogP contribution in [0.3, 0.4) is 0 Å². The van der Waals surface area contributed by atoms with E-state index < -0.39 is 0 Å². The lowest BCUT2D eigenvalue weighted by Gasteiger charge is -2.13. The second kappa shape index (κ2) is 5.99. The maximum absolute atomic E-state index is 11.5.